The Hall–Kier alpha value is -0.460. The highest BCUT2D eigenvalue weighted by Crippen LogP contribution is 2.75. The van der Waals surface area contributed by atoms with Gasteiger partial charge in [-0.1, -0.05) is 0 Å². The number of halogens is 6. The fourth-order valence-electron chi connectivity index (χ4n) is 6.76. The number of hydrogen-bond donors (Lipinski definition) is 1. The fraction of sp³-hybridized carbons (Fsp3) is 1.00. The van der Waals surface area contributed by atoms with E-state index in [1.165, 1.54) is 0 Å². The highest BCUT2D eigenvalue weighted by Gasteiger charge is 2.78. The first-order valence-corrected chi connectivity index (χ1v) is 7.89. The van der Waals surface area contributed by atoms with E-state index >= 15 is 0 Å². The summed E-state index contributed by atoms with van der Waals surface area (Å²) >= 11 is 0. The zero-order valence-corrected chi connectivity index (χ0v) is 11.8. The Morgan fingerprint density at radius 2 is 1.45 bits per heavy atom. The predicted octanol–water partition coefficient (Wildman–Crippen LogP) is 4.16. The van der Waals surface area contributed by atoms with Crippen molar-refractivity contribution in [3.63, 3.8) is 0 Å². The summed E-state index contributed by atoms with van der Waals surface area (Å²) in [6, 6.07) is 0. The van der Waals surface area contributed by atoms with Crippen LogP contribution in [0.5, 0.6) is 0 Å². The molecule has 126 valence electrons. The molecule has 8 atom stereocenters. The topological polar surface area (TPSA) is 20.2 Å². The molecule has 8 unspecified atom stereocenters. The molecule has 1 N–H and O–H groups in total. The molecule has 4 bridgehead atoms. The number of alkyl halides is 6. The average molecular weight is 328 g/mol. The predicted molar refractivity (Wildman–Crippen MR) is 64.6 cm³/mol. The lowest BCUT2D eigenvalue weighted by atomic mass is 9.58. The molecule has 4 saturated carbocycles. The van der Waals surface area contributed by atoms with Crippen LogP contribution in [-0.4, -0.2) is 23.6 Å². The van der Waals surface area contributed by atoms with Crippen molar-refractivity contribution in [1.29, 1.82) is 0 Å². The SMILES string of the molecule is OC(C(F)(F)F)C1(C(F)(F)F)CC2CC1C1C3CCC(C3)C21. The third-order valence-corrected chi connectivity index (χ3v) is 7.20. The lowest BCUT2D eigenvalue weighted by Gasteiger charge is -2.49. The molecule has 7 heteroatoms. The summed E-state index contributed by atoms with van der Waals surface area (Å²) in [6.07, 6.45) is -11.2. The van der Waals surface area contributed by atoms with E-state index in [0.29, 0.717) is 5.92 Å². The zero-order valence-electron chi connectivity index (χ0n) is 11.8. The second kappa shape index (κ2) is 4.14. The summed E-state index contributed by atoms with van der Waals surface area (Å²) in [6.45, 7) is 0. The first kappa shape index (κ1) is 15.1. The van der Waals surface area contributed by atoms with Crippen molar-refractivity contribution in [3.8, 4) is 0 Å². The van der Waals surface area contributed by atoms with Crippen LogP contribution in [0.25, 0.3) is 0 Å². The van der Waals surface area contributed by atoms with Crippen molar-refractivity contribution in [2.24, 2.45) is 40.9 Å². The summed E-state index contributed by atoms with van der Waals surface area (Å²) in [5.74, 6) is -0.930. The fourth-order valence-corrected chi connectivity index (χ4v) is 6.76. The molecule has 4 rings (SSSR count). The third kappa shape index (κ3) is 1.61. The molecule has 0 radical (unpaired) electrons. The van der Waals surface area contributed by atoms with E-state index in [1.807, 2.05) is 0 Å². The number of rotatable bonds is 1. The van der Waals surface area contributed by atoms with Crippen molar-refractivity contribution >= 4 is 0 Å². The summed E-state index contributed by atoms with van der Waals surface area (Å²) in [7, 11) is 0. The molecule has 0 amide bonds. The van der Waals surface area contributed by atoms with Crippen LogP contribution >= 0.6 is 0 Å². The minimum atomic E-state index is -5.23. The molecule has 0 spiro atoms. The van der Waals surface area contributed by atoms with Gasteiger partial charge in [0.1, 0.15) is 5.41 Å². The summed E-state index contributed by atoms with van der Waals surface area (Å²) in [4.78, 5) is 0. The Morgan fingerprint density at radius 1 is 0.864 bits per heavy atom. The second-order valence-corrected chi connectivity index (χ2v) is 7.78. The number of fused-ring (bicyclic) bond motifs is 9. The van der Waals surface area contributed by atoms with Crippen molar-refractivity contribution in [1.82, 2.24) is 0 Å². The maximum atomic E-state index is 13.7. The zero-order chi connectivity index (χ0) is 16.1. The van der Waals surface area contributed by atoms with Crippen LogP contribution in [0, 0.1) is 40.9 Å². The van der Waals surface area contributed by atoms with Gasteiger partial charge in [0, 0.05) is 0 Å². The maximum absolute atomic E-state index is 13.7. The number of aliphatic hydroxyl groups excluding tert-OH is 1. The molecule has 0 saturated heterocycles. The smallest absolute Gasteiger partial charge is 0.383 e. The highest BCUT2D eigenvalue weighted by molar-refractivity contribution is 5.19. The standard InChI is InChI=1S/C15H18F6O/c16-14(17,18)12(22)13(15(19,20)21)5-8-4-9(13)11-7-2-1-6(3-7)10(8)11/h6-12,22H,1-5H2. The summed E-state index contributed by atoms with van der Waals surface area (Å²) < 4.78 is 80.0. The molecule has 0 heterocycles. The summed E-state index contributed by atoms with van der Waals surface area (Å²) in [5.41, 5.74) is -2.98. The van der Waals surface area contributed by atoms with Gasteiger partial charge >= 0.3 is 12.4 Å². The van der Waals surface area contributed by atoms with Crippen molar-refractivity contribution in [2.75, 3.05) is 0 Å². The van der Waals surface area contributed by atoms with Crippen LogP contribution in [0.2, 0.25) is 0 Å². The van der Waals surface area contributed by atoms with Crippen LogP contribution in [0.4, 0.5) is 26.3 Å². The molecule has 1 nitrogen and oxygen atoms in total. The highest BCUT2D eigenvalue weighted by atomic mass is 19.4. The van der Waals surface area contributed by atoms with Crippen LogP contribution in [-0.2, 0) is 0 Å². The quantitative estimate of drug-likeness (QED) is 0.566. The maximum Gasteiger partial charge on any atom is 0.415 e. The van der Waals surface area contributed by atoms with Crippen LogP contribution in [0.1, 0.15) is 32.1 Å². The van der Waals surface area contributed by atoms with E-state index in [2.05, 4.69) is 0 Å². The number of aliphatic hydroxyl groups is 1. The molecular formula is C15H18F6O. The molecule has 4 aliphatic rings. The van der Waals surface area contributed by atoms with Crippen molar-refractivity contribution < 1.29 is 31.4 Å². The average Bonchev–Trinajstić information content (AvgIpc) is 3.12. The molecule has 4 aliphatic carbocycles. The van der Waals surface area contributed by atoms with E-state index in [9.17, 15) is 31.4 Å². The Morgan fingerprint density at radius 3 is 2.00 bits per heavy atom. The van der Waals surface area contributed by atoms with E-state index in [1.54, 1.807) is 0 Å². The second-order valence-electron chi connectivity index (χ2n) is 7.78. The van der Waals surface area contributed by atoms with Gasteiger partial charge in [-0.3, -0.25) is 0 Å². The molecule has 0 aromatic carbocycles. The van der Waals surface area contributed by atoms with Crippen LogP contribution in [0.15, 0.2) is 0 Å². The third-order valence-electron chi connectivity index (χ3n) is 7.20. The first-order chi connectivity index (χ1) is 10.1. The van der Waals surface area contributed by atoms with Crippen LogP contribution < -0.4 is 0 Å². The normalized spacial score (nSPS) is 51.4. The van der Waals surface area contributed by atoms with Gasteiger partial charge in [0.05, 0.1) is 0 Å². The Labute approximate surface area is 124 Å². The van der Waals surface area contributed by atoms with Crippen LogP contribution in [0.3, 0.4) is 0 Å². The van der Waals surface area contributed by atoms with Gasteiger partial charge in [-0.15, -0.1) is 0 Å². The Kier molecular flexibility index (Phi) is 2.84. The van der Waals surface area contributed by atoms with E-state index in [-0.39, 0.29) is 30.1 Å². The number of hydrogen-bond acceptors (Lipinski definition) is 1. The minimum Gasteiger partial charge on any atom is -0.383 e. The Balaban J connectivity index is 1.76. The molecule has 22 heavy (non-hydrogen) atoms. The van der Waals surface area contributed by atoms with Gasteiger partial charge < -0.3 is 5.11 Å². The molecule has 0 aliphatic heterocycles. The lowest BCUT2D eigenvalue weighted by molar-refractivity contribution is -0.337. The van der Waals surface area contributed by atoms with Gasteiger partial charge in [0.15, 0.2) is 6.10 Å². The van der Waals surface area contributed by atoms with Crippen molar-refractivity contribution in [3.05, 3.63) is 0 Å². The minimum absolute atomic E-state index is 0.132. The molecule has 4 fully saturated rings. The van der Waals surface area contributed by atoms with E-state index in [4.69, 9.17) is 0 Å². The van der Waals surface area contributed by atoms with E-state index in [0.717, 1.165) is 19.3 Å². The Bertz CT molecular complexity index is 485. The monoisotopic (exact) mass is 328 g/mol. The molecule has 0 aromatic heterocycles. The van der Waals surface area contributed by atoms with Gasteiger partial charge in [0.2, 0.25) is 0 Å². The first-order valence-electron chi connectivity index (χ1n) is 7.89. The lowest BCUT2D eigenvalue weighted by Crippen LogP contribution is -2.59. The van der Waals surface area contributed by atoms with E-state index < -0.39 is 36.2 Å². The summed E-state index contributed by atoms with van der Waals surface area (Å²) in [5, 5.41) is 9.64. The van der Waals surface area contributed by atoms with Gasteiger partial charge in [0.25, 0.3) is 0 Å². The largest absolute Gasteiger partial charge is 0.415 e. The molecular weight excluding hydrogens is 310 g/mol. The van der Waals surface area contributed by atoms with Crippen molar-refractivity contribution in [2.45, 2.75) is 50.6 Å². The van der Waals surface area contributed by atoms with Gasteiger partial charge in [-0.25, -0.2) is 0 Å². The van der Waals surface area contributed by atoms with Gasteiger partial charge in [-0.05, 0) is 67.6 Å². The molecule has 0 aromatic rings. The van der Waals surface area contributed by atoms with Gasteiger partial charge in [-0.2, -0.15) is 26.3 Å².